The van der Waals surface area contributed by atoms with Gasteiger partial charge < -0.3 is 9.15 Å². The van der Waals surface area contributed by atoms with Gasteiger partial charge in [0.1, 0.15) is 18.1 Å². The van der Waals surface area contributed by atoms with E-state index in [1.54, 1.807) is 11.2 Å². The van der Waals surface area contributed by atoms with Gasteiger partial charge in [0.05, 0.1) is 27.0 Å². The molecule has 0 N–H and O–H groups in total. The Morgan fingerprint density at radius 2 is 1.83 bits per heavy atom. The summed E-state index contributed by atoms with van der Waals surface area (Å²) in [4.78, 5) is 20.3. The van der Waals surface area contributed by atoms with E-state index in [2.05, 4.69) is 22.6 Å². The summed E-state index contributed by atoms with van der Waals surface area (Å²) in [5, 5.41) is 1.29. The van der Waals surface area contributed by atoms with E-state index in [4.69, 9.17) is 25.7 Å². The lowest BCUT2D eigenvalue weighted by molar-refractivity contribution is -0.122. The van der Waals surface area contributed by atoms with Crippen molar-refractivity contribution in [3.8, 4) is 5.75 Å². The van der Waals surface area contributed by atoms with Crippen molar-refractivity contribution in [2.75, 3.05) is 0 Å². The van der Waals surface area contributed by atoms with Crippen molar-refractivity contribution in [1.29, 1.82) is 0 Å². The SMILES string of the molecule is O=C1/C(=C/c2ccc(OCc3ccccc3Cl)c(I)c2)SC(=Nc2ccccc2)N1Cc1ccco1. The van der Waals surface area contributed by atoms with Gasteiger partial charge in [-0.2, -0.15) is 0 Å². The second-order valence-electron chi connectivity index (χ2n) is 7.88. The zero-order valence-electron chi connectivity index (χ0n) is 18.9. The summed E-state index contributed by atoms with van der Waals surface area (Å²) in [7, 11) is 0. The molecule has 1 amide bonds. The topological polar surface area (TPSA) is 55.0 Å². The number of thioether (sulfide) groups is 1. The Balaban J connectivity index is 1.37. The van der Waals surface area contributed by atoms with Crippen LogP contribution in [0.15, 0.2) is 106 Å². The number of nitrogens with zero attached hydrogens (tertiary/aromatic N) is 2. The number of hydrogen-bond donors (Lipinski definition) is 0. The van der Waals surface area contributed by atoms with E-state index in [1.807, 2.05) is 91.0 Å². The molecule has 5 nitrogen and oxygen atoms in total. The number of aliphatic imine (C=N–C) groups is 1. The lowest BCUT2D eigenvalue weighted by Crippen LogP contribution is -2.28. The highest BCUT2D eigenvalue weighted by Crippen LogP contribution is 2.36. The number of para-hydroxylation sites is 1. The molecule has 0 bridgehead atoms. The number of hydrogen-bond acceptors (Lipinski definition) is 5. The quantitative estimate of drug-likeness (QED) is 0.155. The van der Waals surface area contributed by atoms with Crippen molar-refractivity contribution >= 4 is 68.8 Å². The van der Waals surface area contributed by atoms with Crippen LogP contribution in [0, 0.1) is 3.57 Å². The first-order valence-corrected chi connectivity index (χ1v) is 13.4. The maximum absolute atomic E-state index is 13.4. The van der Waals surface area contributed by atoms with Gasteiger partial charge in [0.25, 0.3) is 5.91 Å². The Morgan fingerprint density at radius 3 is 2.58 bits per heavy atom. The maximum atomic E-state index is 13.4. The number of carbonyl (C=O) groups excluding carboxylic acids is 1. The van der Waals surface area contributed by atoms with E-state index in [1.165, 1.54) is 11.8 Å². The van der Waals surface area contributed by atoms with Gasteiger partial charge in [-0.15, -0.1) is 0 Å². The minimum absolute atomic E-state index is 0.111. The van der Waals surface area contributed by atoms with Gasteiger partial charge >= 0.3 is 0 Å². The van der Waals surface area contributed by atoms with Crippen molar-refractivity contribution in [1.82, 2.24) is 4.90 Å². The molecule has 0 saturated carbocycles. The summed E-state index contributed by atoms with van der Waals surface area (Å²) in [5.41, 5.74) is 2.61. The Labute approximate surface area is 232 Å². The summed E-state index contributed by atoms with van der Waals surface area (Å²) < 4.78 is 12.4. The molecule has 0 spiro atoms. The standard InChI is InChI=1S/C28H20ClIN2O3S/c29-23-11-5-4-7-20(23)18-35-25-13-12-19(15-24(25)30)16-26-27(33)32(17-22-10-6-14-34-22)28(36-26)31-21-8-2-1-3-9-21/h1-16H,17-18H2/b26-16-,31-28?. The predicted octanol–water partition coefficient (Wildman–Crippen LogP) is 7.92. The minimum atomic E-state index is -0.111. The molecular weight excluding hydrogens is 607 g/mol. The van der Waals surface area contributed by atoms with Gasteiger partial charge in [0.15, 0.2) is 5.17 Å². The average molecular weight is 627 g/mol. The van der Waals surface area contributed by atoms with Gasteiger partial charge in [0, 0.05) is 10.6 Å². The van der Waals surface area contributed by atoms with Crippen molar-refractivity contribution < 1.29 is 13.9 Å². The number of benzene rings is 3. The van der Waals surface area contributed by atoms with Gasteiger partial charge in [-0.3, -0.25) is 9.69 Å². The Kier molecular flexibility index (Phi) is 7.79. The van der Waals surface area contributed by atoms with Crippen LogP contribution in [0.2, 0.25) is 5.02 Å². The summed E-state index contributed by atoms with van der Waals surface area (Å²) in [6.07, 6.45) is 3.49. The molecule has 0 radical (unpaired) electrons. The Hall–Kier alpha value is -3.01. The number of amides is 1. The van der Waals surface area contributed by atoms with Crippen molar-refractivity contribution in [2.24, 2.45) is 4.99 Å². The molecule has 180 valence electrons. The molecule has 5 rings (SSSR count). The van der Waals surface area contributed by atoms with Gasteiger partial charge in [-0.25, -0.2) is 4.99 Å². The summed E-state index contributed by atoms with van der Waals surface area (Å²) in [5.74, 6) is 1.34. The second kappa shape index (κ2) is 11.4. The van der Waals surface area contributed by atoms with Gasteiger partial charge in [-0.05, 0) is 88.5 Å². The fourth-order valence-electron chi connectivity index (χ4n) is 3.55. The largest absolute Gasteiger partial charge is 0.488 e. The second-order valence-corrected chi connectivity index (χ2v) is 10.5. The Morgan fingerprint density at radius 1 is 1.03 bits per heavy atom. The summed E-state index contributed by atoms with van der Waals surface area (Å²) in [6, 6.07) is 26.7. The first kappa shape index (κ1) is 24.7. The van der Waals surface area contributed by atoms with E-state index in [0.717, 1.165) is 26.1 Å². The lowest BCUT2D eigenvalue weighted by Gasteiger charge is -2.13. The van der Waals surface area contributed by atoms with Crippen molar-refractivity contribution in [2.45, 2.75) is 13.2 Å². The average Bonchev–Trinajstić information content (AvgIpc) is 3.49. The zero-order chi connectivity index (χ0) is 24.9. The molecule has 3 aromatic carbocycles. The third-order valence-electron chi connectivity index (χ3n) is 5.36. The van der Waals surface area contributed by atoms with Crippen molar-refractivity contribution in [3.63, 3.8) is 0 Å². The molecule has 4 aromatic rings. The molecule has 2 heterocycles. The number of rotatable bonds is 7. The molecule has 1 saturated heterocycles. The molecule has 1 aromatic heterocycles. The van der Waals surface area contributed by atoms with Crippen LogP contribution in [-0.4, -0.2) is 16.0 Å². The van der Waals surface area contributed by atoms with Crippen LogP contribution in [0.25, 0.3) is 6.08 Å². The fourth-order valence-corrected chi connectivity index (χ4v) is 5.43. The van der Waals surface area contributed by atoms with Crippen LogP contribution < -0.4 is 4.74 Å². The monoisotopic (exact) mass is 626 g/mol. The zero-order valence-corrected chi connectivity index (χ0v) is 22.7. The number of carbonyl (C=O) groups is 1. The third kappa shape index (κ3) is 5.86. The summed E-state index contributed by atoms with van der Waals surface area (Å²) >= 11 is 9.84. The Bertz CT molecular complexity index is 1440. The van der Waals surface area contributed by atoms with E-state index in [-0.39, 0.29) is 5.91 Å². The fraction of sp³-hybridized carbons (Fsp3) is 0.0714. The van der Waals surface area contributed by atoms with Crippen LogP contribution >= 0.6 is 46.0 Å². The highest BCUT2D eigenvalue weighted by atomic mass is 127. The molecule has 1 aliphatic rings. The molecule has 1 aliphatic heterocycles. The molecule has 36 heavy (non-hydrogen) atoms. The predicted molar refractivity (Wildman–Crippen MR) is 153 cm³/mol. The molecule has 8 heteroatoms. The van der Waals surface area contributed by atoms with Gasteiger partial charge in [-0.1, -0.05) is 54.1 Å². The number of amidine groups is 1. The van der Waals surface area contributed by atoms with Crippen LogP contribution in [0.3, 0.4) is 0 Å². The van der Waals surface area contributed by atoms with E-state index >= 15 is 0 Å². The first-order chi connectivity index (χ1) is 17.6. The molecule has 0 unspecified atom stereocenters. The molecule has 0 atom stereocenters. The number of ether oxygens (including phenoxy) is 1. The maximum Gasteiger partial charge on any atom is 0.267 e. The number of furan rings is 1. The van der Waals surface area contributed by atoms with Crippen LogP contribution in [0.4, 0.5) is 5.69 Å². The van der Waals surface area contributed by atoms with Gasteiger partial charge in [0.2, 0.25) is 0 Å². The van der Waals surface area contributed by atoms with Crippen LogP contribution in [0.1, 0.15) is 16.9 Å². The molecule has 0 aliphatic carbocycles. The van der Waals surface area contributed by atoms with E-state index < -0.39 is 0 Å². The smallest absolute Gasteiger partial charge is 0.267 e. The lowest BCUT2D eigenvalue weighted by atomic mass is 10.2. The number of halogens is 2. The third-order valence-corrected chi connectivity index (χ3v) is 7.58. The van der Waals surface area contributed by atoms with E-state index in [9.17, 15) is 4.79 Å². The summed E-state index contributed by atoms with van der Waals surface area (Å²) in [6.45, 7) is 0.694. The van der Waals surface area contributed by atoms with Crippen molar-refractivity contribution in [3.05, 3.63) is 122 Å². The highest BCUT2D eigenvalue weighted by Gasteiger charge is 2.34. The van der Waals surface area contributed by atoms with E-state index in [0.29, 0.717) is 34.0 Å². The first-order valence-electron chi connectivity index (χ1n) is 11.1. The normalized spacial score (nSPS) is 15.7. The minimum Gasteiger partial charge on any atom is -0.488 e. The van der Waals surface area contributed by atoms with Crippen LogP contribution in [0.5, 0.6) is 5.75 Å². The highest BCUT2D eigenvalue weighted by molar-refractivity contribution is 14.1. The molecular formula is C28H20ClIN2O3S. The van der Waals surface area contributed by atoms with Crippen LogP contribution in [-0.2, 0) is 17.9 Å². The molecule has 1 fully saturated rings.